The lowest BCUT2D eigenvalue weighted by molar-refractivity contribution is -0.138. The van der Waals surface area contributed by atoms with E-state index in [2.05, 4.69) is 11.7 Å². The molecule has 0 aliphatic rings. The van der Waals surface area contributed by atoms with Gasteiger partial charge in [-0.3, -0.25) is 9.36 Å². The summed E-state index contributed by atoms with van der Waals surface area (Å²) < 4.78 is 17.8. The molecule has 6 heteroatoms. The van der Waals surface area contributed by atoms with E-state index in [0.717, 1.165) is 0 Å². The van der Waals surface area contributed by atoms with E-state index in [-0.39, 0.29) is 6.16 Å². The minimum absolute atomic E-state index is 0.0551. The van der Waals surface area contributed by atoms with Crippen LogP contribution in [0.1, 0.15) is 6.92 Å². The van der Waals surface area contributed by atoms with Gasteiger partial charge in [0, 0.05) is 0 Å². The van der Waals surface area contributed by atoms with Crippen LogP contribution < -0.4 is 9.61 Å². The normalized spacial score (nSPS) is 15.4. The molecule has 1 aromatic rings. The minimum atomic E-state index is -3.30. The predicted molar refractivity (Wildman–Crippen MR) is 70.0 cm³/mol. The Kier molecular flexibility index (Phi) is 5.13. The number of rotatable bonds is 7. The third-order valence-electron chi connectivity index (χ3n) is 2.13. The largest absolute Gasteiger partial charge is 0.480 e. The van der Waals surface area contributed by atoms with Gasteiger partial charge in [0.05, 0.1) is 6.16 Å². The van der Waals surface area contributed by atoms with Crippen molar-refractivity contribution in [3.8, 4) is 5.75 Å². The van der Waals surface area contributed by atoms with Gasteiger partial charge >= 0.3 is 13.5 Å². The third kappa shape index (κ3) is 4.35. The molecule has 2 unspecified atom stereocenters. The van der Waals surface area contributed by atoms with Crippen LogP contribution in [-0.2, 0) is 9.36 Å². The van der Waals surface area contributed by atoms with Crippen molar-refractivity contribution in [2.75, 3.05) is 6.16 Å². The van der Waals surface area contributed by atoms with Crippen LogP contribution in [0, 0.1) is 0 Å². The number of para-hydroxylation sites is 1. The van der Waals surface area contributed by atoms with Gasteiger partial charge in [0.2, 0.25) is 0 Å². The molecule has 0 saturated heterocycles. The lowest BCUT2D eigenvalue weighted by Crippen LogP contribution is -2.33. The molecule has 98 valence electrons. The summed E-state index contributed by atoms with van der Waals surface area (Å²) in [5.74, 6) is -0.663. The van der Waals surface area contributed by atoms with Crippen LogP contribution in [0.15, 0.2) is 43.0 Å². The minimum Gasteiger partial charge on any atom is -0.480 e. The number of carbonyl (C=O) groups is 1. The molecule has 0 spiro atoms. The Labute approximate surface area is 106 Å². The smallest absolute Gasteiger partial charge is 0.321 e. The molecule has 2 atom stereocenters. The number of carboxylic acid groups (broad SMARTS) is 1. The summed E-state index contributed by atoms with van der Waals surface area (Å²) in [5.41, 5.74) is 0. The zero-order valence-corrected chi connectivity index (χ0v) is 11.0. The Hall–Kier alpha value is -1.58. The summed E-state index contributed by atoms with van der Waals surface area (Å²) in [6.45, 7) is 4.91. The van der Waals surface area contributed by atoms with Gasteiger partial charge in [0.25, 0.3) is 0 Å². The van der Waals surface area contributed by atoms with Crippen molar-refractivity contribution in [3.05, 3.63) is 43.0 Å². The monoisotopic (exact) mass is 269 g/mol. The highest BCUT2D eigenvalue weighted by Gasteiger charge is 2.27. The SMILES string of the molecule is C=CCP(=O)(NC(C)C(=O)O)Oc1ccccc1. The Morgan fingerprint density at radius 1 is 1.56 bits per heavy atom. The van der Waals surface area contributed by atoms with Crippen molar-refractivity contribution < 1.29 is 19.0 Å². The quantitative estimate of drug-likeness (QED) is 0.587. The van der Waals surface area contributed by atoms with Gasteiger partial charge in [-0.05, 0) is 19.1 Å². The highest BCUT2D eigenvalue weighted by atomic mass is 31.2. The molecule has 0 saturated carbocycles. The fourth-order valence-electron chi connectivity index (χ4n) is 1.29. The molecule has 1 rings (SSSR count). The van der Waals surface area contributed by atoms with Crippen LogP contribution in [-0.4, -0.2) is 23.3 Å². The highest BCUT2D eigenvalue weighted by Crippen LogP contribution is 2.43. The van der Waals surface area contributed by atoms with Gasteiger partial charge in [0.15, 0.2) is 0 Å². The Balaban J connectivity index is 2.83. The average molecular weight is 269 g/mol. The summed E-state index contributed by atoms with van der Waals surface area (Å²) in [7, 11) is -3.30. The van der Waals surface area contributed by atoms with Gasteiger partial charge in [0.1, 0.15) is 11.8 Å². The zero-order chi connectivity index (χ0) is 13.6. The van der Waals surface area contributed by atoms with Crippen LogP contribution in [0.25, 0.3) is 0 Å². The number of aliphatic carboxylic acids is 1. The maximum absolute atomic E-state index is 12.4. The van der Waals surface area contributed by atoms with Crippen molar-refractivity contribution in [1.82, 2.24) is 5.09 Å². The first-order chi connectivity index (χ1) is 8.47. The number of allylic oxidation sites excluding steroid dienone is 1. The first kappa shape index (κ1) is 14.5. The molecule has 0 bridgehead atoms. The fourth-order valence-corrected chi connectivity index (χ4v) is 3.02. The first-order valence-electron chi connectivity index (χ1n) is 5.42. The van der Waals surface area contributed by atoms with E-state index in [1.165, 1.54) is 13.0 Å². The summed E-state index contributed by atoms with van der Waals surface area (Å²) in [6.07, 6.45) is 1.49. The molecule has 5 nitrogen and oxygen atoms in total. The van der Waals surface area contributed by atoms with Crippen LogP contribution in [0.5, 0.6) is 5.75 Å². The van der Waals surface area contributed by atoms with E-state index >= 15 is 0 Å². The van der Waals surface area contributed by atoms with Gasteiger partial charge in [-0.15, -0.1) is 6.58 Å². The number of hydrogen-bond acceptors (Lipinski definition) is 3. The molecular formula is C12H16NO4P. The molecule has 18 heavy (non-hydrogen) atoms. The second-order valence-electron chi connectivity index (χ2n) is 3.74. The predicted octanol–water partition coefficient (Wildman–Crippen LogP) is 2.51. The summed E-state index contributed by atoms with van der Waals surface area (Å²) in [6, 6.07) is 7.65. The summed E-state index contributed by atoms with van der Waals surface area (Å²) in [5, 5.41) is 11.3. The van der Waals surface area contributed by atoms with E-state index in [1.54, 1.807) is 30.3 Å². The molecule has 0 fully saturated rings. The molecule has 0 aromatic heterocycles. The molecular weight excluding hydrogens is 253 g/mol. The Morgan fingerprint density at radius 3 is 2.67 bits per heavy atom. The number of benzene rings is 1. The molecule has 0 amide bonds. The molecule has 0 heterocycles. The van der Waals surface area contributed by atoms with E-state index in [9.17, 15) is 9.36 Å². The van der Waals surface area contributed by atoms with E-state index in [0.29, 0.717) is 5.75 Å². The topological polar surface area (TPSA) is 75.6 Å². The van der Waals surface area contributed by atoms with Crippen molar-refractivity contribution >= 4 is 13.5 Å². The van der Waals surface area contributed by atoms with Crippen molar-refractivity contribution in [2.24, 2.45) is 0 Å². The van der Waals surface area contributed by atoms with E-state index < -0.39 is 19.5 Å². The van der Waals surface area contributed by atoms with Crippen LogP contribution in [0.3, 0.4) is 0 Å². The first-order valence-corrected chi connectivity index (χ1v) is 7.23. The lowest BCUT2D eigenvalue weighted by Gasteiger charge is -2.21. The van der Waals surface area contributed by atoms with Crippen LogP contribution in [0.2, 0.25) is 0 Å². The fraction of sp³-hybridized carbons (Fsp3) is 0.250. The van der Waals surface area contributed by atoms with Gasteiger partial charge in [-0.25, -0.2) is 5.09 Å². The summed E-state index contributed by atoms with van der Waals surface area (Å²) >= 11 is 0. The molecule has 0 aliphatic heterocycles. The van der Waals surface area contributed by atoms with Crippen LogP contribution >= 0.6 is 7.52 Å². The zero-order valence-electron chi connectivity index (χ0n) is 10.1. The van der Waals surface area contributed by atoms with Gasteiger partial charge < -0.3 is 9.63 Å². The highest BCUT2D eigenvalue weighted by molar-refractivity contribution is 7.57. The Bertz CT molecular complexity index is 460. The maximum Gasteiger partial charge on any atom is 0.321 e. The van der Waals surface area contributed by atoms with Crippen molar-refractivity contribution in [2.45, 2.75) is 13.0 Å². The van der Waals surface area contributed by atoms with Crippen molar-refractivity contribution in [3.63, 3.8) is 0 Å². The average Bonchev–Trinajstić information content (AvgIpc) is 2.29. The third-order valence-corrected chi connectivity index (χ3v) is 4.15. The van der Waals surface area contributed by atoms with Crippen LogP contribution in [0.4, 0.5) is 0 Å². The van der Waals surface area contributed by atoms with E-state index in [1.807, 2.05) is 0 Å². The number of nitrogens with one attached hydrogen (secondary N) is 1. The number of carboxylic acids is 1. The standard InChI is InChI=1S/C12H16NO4P/c1-3-9-18(16,13-10(2)12(14)15)17-11-7-5-4-6-8-11/h3-8,10H,1,9H2,2H3,(H,13,16)(H,14,15). The maximum atomic E-state index is 12.4. The van der Waals surface area contributed by atoms with E-state index in [4.69, 9.17) is 9.63 Å². The summed E-state index contributed by atoms with van der Waals surface area (Å²) in [4.78, 5) is 10.8. The number of hydrogen-bond donors (Lipinski definition) is 2. The molecule has 1 aromatic carbocycles. The Morgan fingerprint density at radius 2 is 2.17 bits per heavy atom. The second-order valence-corrected chi connectivity index (χ2v) is 5.89. The lowest BCUT2D eigenvalue weighted by atomic mass is 10.3. The van der Waals surface area contributed by atoms with Gasteiger partial charge in [-0.2, -0.15) is 0 Å². The molecule has 0 aliphatic carbocycles. The van der Waals surface area contributed by atoms with Gasteiger partial charge in [-0.1, -0.05) is 24.3 Å². The molecule has 2 N–H and O–H groups in total. The second kappa shape index (κ2) is 6.38. The molecule has 0 radical (unpaired) electrons. The van der Waals surface area contributed by atoms with Crippen molar-refractivity contribution in [1.29, 1.82) is 0 Å².